The van der Waals surface area contributed by atoms with E-state index in [1.807, 2.05) is 10.9 Å². The van der Waals surface area contributed by atoms with Crippen LogP contribution in [0.3, 0.4) is 0 Å². The van der Waals surface area contributed by atoms with Crippen LogP contribution in [-0.4, -0.2) is 28.3 Å². The zero-order valence-corrected chi connectivity index (χ0v) is 13.6. The lowest BCUT2D eigenvalue weighted by atomic mass is 10.0. The second-order valence-corrected chi connectivity index (χ2v) is 6.70. The fourth-order valence-corrected chi connectivity index (χ4v) is 3.21. The first kappa shape index (κ1) is 16.2. The predicted molar refractivity (Wildman–Crippen MR) is 85.9 cm³/mol. The van der Waals surface area contributed by atoms with Crippen LogP contribution in [0.1, 0.15) is 41.3 Å². The fourth-order valence-electron chi connectivity index (χ4n) is 3.21. The van der Waals surface area contributed by atoms with Crippen molar-refractivity contribution in [2.75, 3.05) is 6.61 Å². The van der Waals surface area contributed by atoms with Crippen molar-refractivity contribution >= 4 is 5.91 Å². The highest BCUT2D eigenvalue weighted by molar-refractivity contribution is 5.95. The van der Waals surface area contributed by atoms with E-state index in [4.69, 9.17) is 4.74 Å². The number of ether oxygens (including phenoxy) is 1. The van der Waals surface area contributed by atoms with Gasteiger partial charge < -0.3 is 10.1 Å². The molecule has 1 amide bonds. The zero-order valence-electron chi connectivity index (χ0n) is 13.6. The quantitative estimate of drug-likeness (QED) is 0.905. The summed E-state index contributed by atoms with van der Waals surface area (Å²) in [7, 11) is 0. The molecule has 1 saturated carbocycles. The Morgan fingerprint density at radius 2 is 2.04 bits per heavy atom. The van der Waals surface area contributed by atoms with E-state index in [1.54, 1.807) is 6.20 Å². The summed E-state index contributed by atoms with van der Waals surface area (Å²) >= 11 is 0. The van der Waals surface area contributed by atoms with Gasteiger partial charge in [0.25, 0.3) is 5.91 Å². The maximum absolute atomic E-state index is 13.8. The van der Waals surface area contributed by atoms with Crippen molar-refractivity contribution in [3.63, 3.8) is 0 Å². The molecule has 1 aromatic heterocycles. The molecule has 0 radical (unpaired) electrons. The monoisotopic (exact) mass is 347 g/mol. The Hall–Kier alpha value is -2.28. The van der Waals surface area contributed by atoms with Crippen LogP contribution < -0.4 is 5.32 Å². The van der Waals surface area contributed by atoms with E-state index in [-0.39, 0.29) is 12.1 Å². The van der Waals surface area contributed by atoms with Crippen LogP contribution in [-0.2, 0) is 11.3 Å². The average Bonchev–Trinajstić information content (AvgIpc) is 3.06. The lowest BCUT2D eigenvalue weighted by Crippen LogP contribution is -2.37. The van der Waals surface area contributed by atoms with Gasteiger partial charge in [-0.05, 0) is 37.3 Å². The van der Waals surface area contributed by atoms with E-state index in [0.717, 1.165) is 24.2 Å². The molecule has 1 aromatic carbocycles. The summed E-state index contributed by atoms with van der Waals surface area (Å²) in [6.07, 6.45) is 6.37. The van der Waals surface area contributed by atoms with Crippen molar-refractivity contribution in [1.82, 2.24) is 15.1 Å². The molecule has 2 atom stereocenters. The molecule has 2 aromatic rings. The van der Waals surface area contributed by atoms with Gasteiger partial charge in [0.2, 0.25) is 0 Å². The van der Waals surface area contributed by atoms with Gasteiger partial charge in [0, 0.05) is 24.9 Å². The summed E-state index contributed by atoms with van der Waals surface area (Å²) in [6, 6.07) is 3.03. The summed E-state index contributed by atoms with van der Waals surface area (Å²) in [5.74, 6) is -1.80. The number of aromatic nitrogens is 2. The van der Waals surface area contributed by atoms with Crippen molar-refractivity contribution in [3.05, 3.63) is 53.4 Å². The van der Waals surface area contributed by atoms with Gasteiger partial charge in [-0.15, -0.1) is 0 Å². The molecule has 1 aliphatic carbocycles. The smallest absolute Gasteiger partial charge is 0.257 e. The molecular formula is C18H19F2N3O2. The number of halogens is 2. The van der Waals surface area contributed by atoms with Gasteiger partial charge in [-0.1, -0.05) is 6.07 Å². The Balaban J connectivity index is 1.47. The second-order valence-electron chi connectivity index (χ2n) is 6.70. The van der Waals surface area contributed by atoms with Gasteiger partial charge in [-0.25, -0.2) is 8.78 Å². The van der Waals surface area contributed by atoms with Crippen LogP contribution in [0.15, 0.2) is 30.6 Å². The number of nitrogens with one attached hydrogen (secondary N) is 1. The molecule has 0 bridgehead atoms. The second kappa shape index (κ2) is 6.55. The number of rotatable bonds is 5. The van der Waals surface area contributed by atoms with Crippen LogP contribution >= 0.6 is 0 Å². The number of carbonyl (C=O) groups excluding carboxylic acids is 1. The molecule has 0 unspecified atom stereocenters. The first-order valence-corrected chi connectivity index (χ1v) is 8.50. The molecule has 132 valence electrons. The van der Waals surface area contributed by atoms with Crippen LogP contribution in [0.25, 0.3) is 0 Å². The van der Waals surface area contributed by atoms with Crippen LogP contribution in [0.2, 0.25) is 0 Å². The minimum absolute atomic E-state index is 0.343. The van der Waals surface area contributed by atoms with Crippen molar-refractivity contribution in [3.8, 4) is 0 Å². The van der Waals surface area contributed by atoms with Gasteiger partial charge in [0.1, 0.15) is 23.3 Å². The fraction of sp³-hybridized carbons (Fsp3) is 0.444. The summed E-state index contributed by atoms with van der Waals surface area (Å²) in [4.78, 5) is 12.3. The Morgan fingerprint density at radius 1 is 1.28 bits per heavy atom. The minimum atomic E-state index is -0.870. The maximum Gasteiger partial charge on any atom is 0.257 e. The largest absolute Gasteiger partial charge is 0.371 e. The summed E-state index contributed by atoms with van der Waals surface area (Å²) < 4.78 is 35.2. The number of hydrogen-bond donors (Lipinski definition) is 1. The van der Waals surface area contributed by atoms with Gasteiger partial charge >= 0.3 is 0 Å². The van der Waals surface area contributed by atoms with Crippen molar-refractivity contribution in [1.29, 1.82) is 0 Å². The van der Waals surface area contributed by atoms with Gasteiger partial charge in [-0.3, -0.25) is 9.48 Å². The Kier molecular flexibility index (Phi) is 4.25. The Bertz CT molecular complexity index is 768. The van der Waals surface area contributed by atoms with Gasteiger partial charge in [0.05, 0.1) is 12.2 Å². The predicted octanol–water partition coefficient (Wildman–Crippen LogP) is 2.83. The SMILES string of the molecule is O=C(N[C@@H]1CCO[C@H]1c1cnn(CC2CC2)c1)c1c(F)cccc1F. The molecule has 2 aliphatic rings. The van der Waals surface area contributed by atoms with Crippen molar-refractivity contribution in [2.45, 2.75) is 38.0 Å². The Morgan fingerprint density at radius 3 is 2.76 bits per heavy atom. The number of benzene rings is 1. The van der Waals surface area contributed by atoms with E-state index in [9.17, 15) is 13.6 Å². The lowest BCUT2D eigenvalue weighted by molar-refractivity contribution is 0.0815. The van der Waals surface area contributed by atoms with Crippen LogP contribution in [0.4, 0.5) is 8.78 Å². The van der Waals surface area contributed by atoms with E-state index in [2.05, 4.69) is 10.4 Å². The number of amides is 1. The molecule has 1 saturated heterocycles. The first-order chi connectivity index (χ1) is 12.1. The summed E-state index contributed by atoms with van der Waals surface area (Å²) in [6.45, 7) is 1.37. The lowest BCUT2D eigenvalue weighted by Gasteiger charge is -2.19. The average molecular weight is 347 g/mol. The highest BCUT2D eigenvalue weighted by atomic mass is 19.1. The van der Waals surface area contributed by atoms with Crippen LogP contribution in [0.5, 0.6) is 0 Å². The summed E-state index contributed by atoms with van der Waals surface area (Å²) in [5.41, 5.74) is 0.315. The third kappa shape index (κ3) is 3.42. The standard InChI is InChI=1S/C18H19F2N3O2/c19-13-2-1-3-14(20)16(13)18(24)22-15-6-7-25-17(15)12-8-21-23(10-12)9-11-4-5-11/h1-3,8,10-11,15,17H,4-7,9H2,(H,22,24)/t15-,17+/m1/s1. The van der Waals surface area contributed by atoms with Crippen LogP contribution in [0, 0.1) is 17.6 Å². The molecule has 1 aliphatic heterocycles. The molecule has 2 heterocycles. The van der Waals surface area contributed by atoms with Crippen molar-refractivity contribution < 1.29 is 18.3 Å². The molecule has 1 N–H and O–H groups in total. The third-order valence-corrected chi connectivity index (χ3v) is 4.72. The molecule has 0 spiro atoms. The van der Waals surface area contributed by atoms with Crippen molar-refractivity contribution in [2.24, 2.45) is 5.92 Å². The van der Waals surface area contributed by atoms with E-state index >= 15 is 0 Å². The van der Waals surface area contributed by atoms with E-state index in [0.29, 0.717) is 18.9 Å². The topological polar surface area (TPSA) is 56.1 Å². The first-order valence-electron chi connectivity index (χ1n) is 8.50. The van der Waals surface area contributed by atoms with Gasteiger partial charge in [-0.2, -0.15) is 5.10 Å². The molecule has 25 heavy (non-hydrogen) atoms. The Labute approximate surface area is 144 Å². The molecule has 2 fully saturated rings. The molecular weight excluding hydrogens is 328 g/mol. The summed E-state index contributed by atoms with van der Waals surface area (Å²) in [5, 5.41) is 7.05. The molecule has 5 nitrogen and oxygen atoms in total. The number of hydrogen-bond acceptors (Lipinski definition) is 3. The zero-order chi connectivity index (χ0) is 17.4. The third-order valence-electron chi connectivity index (χ3n) is 4.72. The number of nitrogens with zero attached hydrogens (tertiary/aromatic N) is 2. The highest BCUT2D eigenvalue weighted by Crippen LogP contribution is 2.32. The van der Waals surface area contributed by atoms with E-state index < -0.39 is 23.1 Å². The normalized spacial score (nSPS) is 23.0. The maximum atomic E-state index is 13.8. The van der Waals surface area contributed by atoms with E-state index in [1.165, 1.54) is 18.9 Å². The molecule has 7 heteroatoms. The minimum Gasteiger partial charge on any atom is -0.371 e. The number of carbonyl (C=O) groups is 1. The highest BCUT2D eigenvalue weighted by Gasteiger charge is 2.33. The molecule has 4 rings (SSSR count). The van der Waals surface area contributed by atoms with Gasteiger partial charge in [0.15, 0.2) is 0 Å².